The Hall–Kier alpha value is -2.02. The topological polar surface area (TPSA) is 65.4 Å². The first-order valence-electron chi connectivity index (χ1n) is 3.33. The van der Waals surface area contributed by atoms with Gasteiger partial charge in [0.05, 0.1) is 0 Å². The molecule has 1 aromatic heterocycles. The molecule has 0 N–H and O–H groups in total. The molecule has 71 valence electrons. The Morgan fingerprint density at radius 3 is 2.43 bits per heavy atom. The molecule has 0 aromatic carbocycles. The Morgan fingerprint density at radius 2 is 2.00 bits per heavy atom. The zero-order valence-corrected chi connectivity index (χ0v) is 6.63. The smallest absolute Gasteiger partial charge is 0.303 e. The van der Waals surface area contributed by atoms with Crippen molar-refractivity contribution in [2.75, 3.05) is 0 Å². The van der Waals surface area contributed by atoms with E-state index in [9.17, 15) is 13.2 Å². The number of halogens is 3. The van der Waals surface area contributed by atoms with Gasteiger partial charge in [0.25, 0.3) is 0 Å². The summed E-state index contributed by atoms with van der Waals surface area (Å²) in [6.07, 6.45) is -2.53. The van der Waals surface area contributed by atoms with E-state index in [4.69, 9.17) is 10.5 Å². The minimum absolute atomic E-state index is 0.350. The number of alkyl halides is 3. The average Bonchev–Trinajstić information content (AvgIpc) is 2.43. The van der Waals surface area contributed by atoms with Crippen LogP contribution in [0.2, 0.25) is 0 Å². The molecule has 0 spiro atoms. The summed E-state index contributed by atoms with van der Waals surface area (Å²) in [6.45, 7) is -1.37. The van der Waals surface area contributed by atoms with E-state index in [-0.39, 0.29) is 5.69 Å². The van der Waals surface area contributed by atoms with Gasteiger partial charge in [0.1, 0.15) is 18.7 Å². The molecule has 4 nitrogen and oxygen atoms in total. The van der Waals surface area contributed by atoms with Crippen LogP contribution in [-0.4, -0.2) is 15.7 Å². The molecule has 0 aliphatic heterocycles. The van der Waals surface area contributed by atoms with Gasteiger partial charge in [-0.05, 0) is 0 Å². The number of nitriles is 2. The Morgan fingerprint density at radius 1 is 1.36 bits per heavy atom. The summed E-state index contributed by atoms with van der Waals surface area (Å²) < 4.78 is 36.2. The number of rotatable bonds is 1. The third-order valence-corrected chi connectivity index (χ3v) is 1.33. The zero-order chi connectivity index (χ0) is 10.8. The summed E-state index contributed by atoms with van der Waals surface area (Å²) in [5, 5.41) is 16.8. The quantitative estimate of drug-likeness (QED) is 0.677. The second-order valence-electron chi connectivity index (χ2n) is 2.33. The molecule has 0 saturated heterocycles. The van der Waals surface area contributed by atoms with Crippen LogP contribution in [0.5, 0.6) is 0 Å². The largest absolute Gasteiger partial charge is 0.406 e. The highest BCUT2D eigenvalue weighted by Gasteiger charge is 2.29. The molecule has 0 aliphatic carbocycles. The second-order valence-corrected chi connectivity index (χ2v) is 2.33. The van der Waals surface area contributed by atoms with Gasteiger partial charge in [-0.3, -0.25) is 0 Å². The van der Waals surface area contributed by atoms with E-state index in [1.807, 2.05) is 6.33 Å². The van der Waals surface area contributed by atoms with E-state index in [1.54, 1.807) is 0 Å². The molecule has 0 aliphatic rings. The lowest BCUT2D eigenvalue weighted by Crippen LogP contribution is -2.18. The number of hydrogen-bond acceptors (Lipinski definition) is 3. The number of imidazole rings is 1. The van der Waals surface area contributed by atoms with Crippen molar-refractivity contribution in [3.05, 3.63) is 17.7 Å². The molecule has 14 heavy (non-hydrogen) atoms. The highest BCUT2D eigenvalue weighted by Crippen LogP contribution is 2.18. The molecular weight excluding hydrogens is 197 g/mol. The number of nitrogens with zero attached hydrogens (tertiary/aromatic N) is 4. The van der Waals surface area contributed by atoms with Crippen LogP contribution in [0.15, 0.2) is 0 Å². The van der Waals surface area contributed by atoms with Crippen LogP contribution in [-0.2, 0) is 6.54 Å². The van der Waals surface area contributed by atoms with Gasteiger partial charge in [0.2, 0.25) is 0 Å². The van der Waals surface area contributed by atoms with E-state index >= 15 is 0 Å². The molecule has 0 atom stereocenters. The van der Waals surface area contributed by atoms with Crippen molar-refractivity contribution in [1.82, 2.24) is 9.55 Å². The number of aromatic nitrogens is 2. The first kappa shape index (κ1) is 10.1. The standard InChI is InChI=1S/C7H2F3N4/c8-7(9,10)3-14-4-13-5(1-11)6(14)2-12/h3H2. The van der Waals surface area contributed by atoms with Crippen LogP contribution < -0.4 is 0 Å². The molecule has 0 amide bonds. The lowest BCUT2D eigenvalue weighted by atomic mass is 10.3. The highest BCUT2D eigenvalue weighted by molar-refractivity contribution is 5.35. The number of hydrogen-bond donors (Lipinski definition) is 0. The molecule has 0 unspecified atom stereocenters. The average molecular weight is 199 g/mol. The summed E-state index contributed by atoms with van der Waals surface area (Å²) in [5.41, 5.74) is -0.776. The first-order valence-corrected chi connectivity index (χ1v) is 3.33. The van der Waals surface area contributed by atoms with E-state index in [1.165, 1.54) is 12.1 Å². The summed E-state index contributed by atoms with van der Waals surface area (Å²) in [6, 6.07) is 2.96. The minimum Gasteiger partial charge on any atom is -0.303 e. The van der Waals surface area contributed by atoms with Gasteiger partial charge in [-0.25, -0.2) is 4.98 Å². The van der Waals surface area contributed by atoms with Gasteiger partial charge in [0.15, 0.2) is 17.7 Å². The van der Waals surface area contributed by atoms with Crippen molar-refractivity contribution in [2.45, 2.75) is 12.7 Å². The molecule has 0 saturated carbocycles. The fraction of sp³-hybridized carbons (Fsp3) is 0.286. The van der Waals surface area contributed by atoms with Gasteiger partial charge in [-0.1, -0.05) is 0 Å². The van der Waals surface area contributed by atoms with Crippen LogP contribution in [0, 0.1) is 29.0 Å². The van der Waals surface area contributed by atoms with E-state index in [2.05, 4.69) is 4.98 Å². The molecule has 1 rings (SSSR count). The molecule has 1 aromatic rings. The normalized spacial score (nSPS) is 10.6. The molecule has 7 heteroatoms. The van der Waals surface area contributed by atoms with Crippen LogP contribution in [0.3, 0.4) is 0 Å². The molecule has 0 fully saturated rings. The van der Waals surface area contributed by atoms with Crippen LogP contribution >= 0.6 is 0 Å². The van der Waals surface area contributed by atoms with E-state index in [0.717, 1.165) is 0 Å². The van der Waals surface area contributed by atoms with Crippen molar-refractivity contribution < 1.29 is 13.2 Å². The van der Waals surface area contributed by atoms with Crippen molar-refractivity contribution >= 4 is 0 Å². The van der Waals surface area contributed by atoms with Crippen LogP contribution in [0.1, 0.15) is 11.4 Å². The zero-order valence-electron chi connectivity index (χ0n) is 6.63. The van der Waals surface area contributed by atoms with Crippen molar-refractivity contribution in [2.24, 2.45) is 0 Å². The monoisotopic (exact) mass is 199 g/mol. The Labute approximate surface area is 76.8 Å². The SMILES string of the molecule is N#Cc1n[c]n(CC(F)(F)F)c1C#N. The van der Waals surface area contributed by atoms with Crippen molar-refractivity contribution in [3.8, 4) is 12.1 Å². The summed E-state index contributed by atoms with van der Waals surface area (Å²) in [7, 11) is 0. The van der Waals surface area contributed by atoms with Crippen LogP contribution in [0.25, 0.3) is 0 Å². The summed E-state index contributed by atoms with van der Waals surface area (Å²) >= 11 is 0. The molecular formula is C7H2F3N4. The Kier molecular flexibility index (Phi) is 2.43. The maximum Gasteiger partial charge on any atom is 0.406 e. The van der Waals surface area contributed by atoms with Crippen LogP contribution in [0.4, 0.5) is 13.2 Å². The Balaban J connectivity index is 3.08. The highest BCUT2D eigenvalue weighted by atomic mass is 19.4. The summed E-state index contributed by atoms with van der Waals surface area (Å²) in [5.74, 6) is 0. The predicted octanol–water partition coefficient (Wildman–Crippen LogP) is 0.989. The van der Waals surface area contributed by atoms with E-state index < -0.39 is 18.4 Å². The van der Waals surface area contributed by atoms with Gasteiger partial charge < -0.3 is 4.57 Å². The Bertz CT molecular complexity index is 418. The predicted molar refractivity (Wildman–Crippen MR) is 36.5 cm³/mol. The lowest BCUT2D eigenvalue weighted by molar-refractivity contribution is -0.140. The van der Waals surface area contributed by atoms with Gasteiger partial charge >= 0.3 is 6.18 Å². The van der Waals surface area contributed by atoms with Crippen molar-refractivity contribution in [3.63, 3.8) is 0 Å². The second kappa shape index (κ2) is 3.38. The third-order valence-electron chi connectivity index (χ3n) is 1.33. The van der Waals surface area contributed by atoms with Gasteiger partial charge in [-0.15, -0.1) is 0 Å². The fourth-order valence-electron chi connectivity index (χ4n) is 0.826. The fourth-order valence-corrected chi connectivity index (χ4v) is 0.826. The summed E-state index contributed by atoms with van der Waals surface area (Å²) in [4.78, 5) is 3.24. The molecule has 1 heterocycles. The molecule has 1 radical (unpaired) electrons. The lowest BCUT2D eigenvalue weighted by Gasteiger charge is -2.06. The maximum absolute atomic E-state index is 11.9. The first-order chi connectivity index (χ1) is 6.48. The van der Waals surface area contributed by atoms with Gasteiger partial charge in [-0.2, -0.15) is 23.7 Å². The molecule has 0 bridgehead atoms. The minimum atomic E-state index is -4.46. The van der Waals surface area contributed by atoms with Gasteiger partial charge in [0, 0.05) is 0 Å². The van der Waals surface area contributed by atoms with E-state index in [0.29, 0.717) is 4.57 Å². The third kappa shape index (κ3) is 2.02. The van der Waals surface area contributed by atoms with Crippen molar-refractivity contribution in [1.29, 1.82) is 10.5 Å². The maximum atomic E-state index is 11.9.